The van der Waals surface area contributed by atoms with Crippen LogP contribution in [0.4, 0.5) is 5.69 Å². The number of anilines is 1. The lowest BCUT2D eigenvalue weighted by Gasteiger charge is -2.23. The number of hydrogen-bond donors (Lipinski definition) is 2. The van der Waals surface area contributed by atoms with Crippen molar-refractivity contribution >= 4 is 5.69 Å². The van der Waals surface area contributed by atoms with Crippen molar-refractivity contribution in [3.63, 3.8) is 0 Å². The lowest BCUT2D eigenvalue weighted by Crippen LogP contribution is -2.29. The van der Waals surface area contributed by atoms with Crippen LogP contribution in [0.15, 0.2) is 18.2 Å². The number of aryl methyl sites for hydroxylation is 1. The summed E-state index contributed by atoms with van der Waals surface area (Å²) in [7, 11) is 0. The molecule has 1 saturated carbocycles. The molecule has 1 aliphatic rings. The summed E-state index contributed by atoms with van der Waals surface area (Å²) in [6, 6.07) is 6.35. The van der Waals surface area contributed by atoms with E-state index in [1.54, 1.807) is 0 Å². The van der Waals surface area contributed by atoms with Crippen LogP contribution >= 0.6 is 0 Å². The largest absolute Gasteiger partial charge is 0.399 e. The van der Waals surface area contributed by atoms with Gasteiger partial charge in [-0.05, 0) is 42.4 Å². The van der Waals surface area contributed by atoms with E-state index >= 15 is 0 Å². The van der Waals surface area contributed by atoms with Gasteiger partial charge in [-0.15, -0.1) is 0 Å². The Bertz CT molecular complexity index is 379. The molecule has 0 atom stereocenters. The molecule has 17 heavy (non-hydrogen) atoms. The molecule has 0 heterocycles. The van der Waals surface area contributed by atoms with E-state index in [4.69, 9.17) is 5.73 Å². The lowest BCUT2D eigenvalue weighted by molar-refractivity contribution is 0.314. The maximum absolute atomic E-state index is 5.91. The third-order valence-electron chi connectivity index (χ3n) is 4.04. The van der Waals surface area contributed by atoms with Crippen LogP contribution in [0.5, 0.6) is 0 Å². The summed E-state index contributed by atoms with van der Waals surface area (Å²) in [6.07, 6.45) is 5.54. The van der Waals surface area contributed by atoms with Crippen LogP contribution in [0, 0.1) is 12.3 Å². The standard InChI is InChI=1S/C15H24N2/c1-12-5-6-13(9-14(12)16)10-17-11-15(2)7-3-4-8-15/h5-6,9,17H,3-4,7-8,10-11,16H2,1-2H3. The predicted octanol–water partition coefficient (Wildman–Crippen LogP) is 3.25. The average molecular weight is 232 g/mol. The summed E-state index contributed by atoms with van der Waals surface area (Å²) < 4.78 is 0. The Morgan fingerprint density at radius 2 is 2.00 bits per heavy atom. The van der Waals surface area contributed by atoms with Gasteiger partial charge < -0.3 is 11.1 Å². The van der Waals surface area contributed by atoms with Gasteiger partial charge in [0.1, 0.15) is 0 Å². The van der Waals surface area contributed by atoms with Gasteiger partial charge in [-0.2, -0.15) is 0 Å². The Balaban J connectivity index is 1.83. The molecular weight excluding hydrogens is 208 g/mol. The van der Waals surface area contributed by atoms with Gasteiger partial charge in [0.15, 0.2) is 0 Å². The molecule has 0 unspecified atom stereocenters. The molecule has 0 aliphatic heterocycles. The van der Waals surface area contributed by atoms with Crippen LogP contribution in [0.2, 0.25) is 0 Å². The minimum absolute atomic E-state index is 0.524. The van der Waals surface area contributed by atoms with Crippen LogP contribution in [0.3, 0.4) is 0 Å². The molecular formula is C15H24N2. The molecule has 3 N–H and O–H groups in total. The molecule has 94 valence electrons. The fourth-order valence-corrected chi connectivity index (χ4v) is 2.71. The van der Waals surface area contributed by atoms with Gasteiger partial charge in [0.25, 0.3) is 0 Å². The highest BCUT2D eigenvalue weighted by Gasteiger charge is 2.27. The molecule has 0 bridgehead atoms. The van der Waals surface area contributed by atoms with Gasteiger partial charge in [-0.1, -0.05) is 31.9 Å². The molecule has 1 aromatic carbocycles. The normalized spacial score (nSPS) is 18.5. The van der Waals surface area contributed by atoms with Crippen LogP contribution in [-0.4, -0.2) is 6.54 Å². The second kappa shape index (κ2) is 5.09. The molecule has 0 amide bonds. The second-order valence-electron chi connectivity index (χ2n) is 5.81. The Morgan fingerprint density at radius 3 is 2.65 bits per heavy atom. The van der Waals surface area contributed by atoms with Crippen molar-refractivity contribution < 1.29 is 0 Å². The lowest BCUT2D eigenvalue weighted by atomic mass is 9.89. The number of rotatable bonds is 4. The van der Waals surface area contributed by atoms with E-state index in [0.29, 0.717) is 5.41 Å². The molecule has 1 aromatic rings. The van der Waals surface area contributed by atoms with Gasteiger partial charge in [-0.3, -0.25) is 0 Å². The van der Waals surface area contributed by atoms with Crippen molar-refractivity contribution in [1.29, 1.82) is 0 Å². The molecule has 2 heteroatoms. The quantitative estimate of drug-likeness (QED) is 0.782. The fraction of sp³-hybridized carbons (Fsp3) is 0.600. The molecule has 0 radical (unpaired) electrons. The van der Waals surface area contributed by atoms with Gasteiger partial charge >= 0.3 is 0 Å². The van der Waals surface area contributed by atoms with Crippen molar-refractivity contribution in [2.24, 2.45) is 5.41 Å². The second-order valence-corrected chi connectivity index (χ2v) is 5.81. The average Bonchev–Trinajstić information content (AvgIpc) is 2.71. The van der Waals surface area contributed by atoms with E-state index in [1.165, 1.54) is 31.2 Å². The first-order valence-corrected chi connectivity index (χ1v) is 6.65. The zero-order valence-corrected chi connectivity index (χ0v) is 11.1. The number of benzene rings is 1. The molecule has 0 spiro atoms. The molecule has 2 nitrogen and oxygen atoms in total. The summed E-state index contributed by atoms with van der Waals surface area (Å²) in [5, 5.41) is 3.58. The van der Waals surface area contributed by atoms with Crippen molar-refractivity contribution in [3.05, 3.63) is 29.3 Å². The molecule has 1 fully saturated rings. The van der Waals surface area contributed by atoms with Gasteiger partial charge in [0, 0.05) is 18.8 Å². The highest BCUT2D eigenvalue weighted by atomic mass is 14.9. The molecule has 2 rings (SSSR count). The van der Waals surface area contributed by atoms with E-state index in [0.717, 1.165) is 24.3 Å². The zero-order chi connectivity index (χ0) is 12.3. The van der Waals surface area contributed by atoms with E-state index in [1.807, 2.05) is 6.92 Å². The Hall–Kier alpha value is -1.02. The van der Waals surface area contributed by atoms with Gasteiger partial charge in [0.05, 0.1) is 0 Å². The maximum Gasteiger partial charge on any atom is 0.0346 e. The Kier molecular flexibility index (Phi) is 3.72. The summed E-state index contributed by atoms with van der Waals surface area (Å²) in [5.74, 6) is 0. The van der Waals surface area contributed by atoms with Crippen LogP contribution < -0.4 is 11.1 Å². The van der Waals surface area contributed by atoms with Crippen LogP contribution in [0.25, 0.3) is 0 Å². The number of hydrogen-bond acceptors (Lipinski definition) is 2. The van der Waals surface area contributed by atoms with Crippen LogP contribution in [-0.2, 0) is 6.54 Å². The van der Waals surface area contributed by atoms with E-state index in [9.17, 15) is 0 Å². The Morgan fingerprint density at radius 1 is 1.29 bits per heavy atom. The van der Waals surface area contributed by atoms with Crippen molar-refractivity contribution in [2.75, 3.05) is 12.3 Å². The summed E-state index contributed by atoms with van der Waals surface area (Å²) in [4.78, 5) is 0. The number of nitrogens with two attached hydrogens (primary N) is 1. The highest BCUT2D eigenvalue weighted by molar-refractivity contribution is 5.48. The molecule has 1 aliphatic carbocycles. The van der Waals surface area contributed by atoms with E-state index in [2.05, 4.69) is 30.4 Å². The van der Waals surface area contributed by atoms with E-state index < -0.39 is 0 Å². The number of nitrogen functional groups attached to an aromatic ring is 1. The molecule has 0 aromatic heterocycles. The summed E-state index contributed by atoms with van der Waals surface area (Å²) in [6.45, 7) is 6.50. The minimum atomic E-state index is 0.524. The summed E-state index contributed by atoms with van der Waals surface area (Å²) >= 11 is 0. The molecule has 0 saturated heterocycles. The predicted molar refractivity (Wildman–Crippen MR) is 73.9 cm³/mol. The van der Waals surface area contributed by atoms with Crippen molar-refractivity contribution in [2.45, 2.75) is 46.1 Å². The van der Waals surface area contributed by atoms with Crippen molar-refractivity contribution in [1.82, 2.24) is 5.32 Å². The van der Waals surface area contributed by atoms with Gasteiger partial charge in [0.2, 0.25) is 0 Å². The maximum atomic E-state index is 5.91. The first kappa shape index (κ1) is 12.4. The Labute approximate surface area is 105 Å². The SMILES string of the molecule is Cc1ccc(CNCC2(C)CCCC2)cc1N. The fourth-order valence-electron chi connectivity index (χ4n) is 2.71. The smallest absolute Gasteiger partial charge is 0.0346 e. The minimum Gasteiger partial charge on any atom is -0.399 e. The third kappa shape index (κ3) is 3.22. The topological polar surface area (TPSA) is 38.0 Å². The summed E-state index contributed by atoms with van der Waals surface area (Å²) in [5.41, 5.74) is 9.79. The first-order chi connectivity index (χ1) is 8.09. The van der Waals surface area contributed by atoms with E-state index in [-0.39, 0.29) is 0 Å². The number of nitrogens with one attached hydrogen (secondary N) is 1. The first-order valence-electron chi connectivity index (χ1n) is 6.65. The van der Waals surface area contributed by atoms with Crippen molar-refractivity contribution in [3.8, 4) is 0 Å². The third-order valence-corrected chi connectivity index (χ3v) is 4.04. The highest BCUT2D eigenvalue weighted by Crippen LogP contribution is 2.36. The van der Waals surface area contributed by atoms with Gasteiger partial charge in [-0.25, -0.2) is 0 Å². The monoisotopic (exact) mass is 232 g/mol. The van der Waals surface area contributed by atoms with Crippen LogP contribution in [0.1, 0.15) is 43.7 Å². The zero-order valence-electron chi connectivity index (χ0n) is 11.1.